The molecule has 25 heavy (non-hydrogen) atoms. The molecule has 0 aromatic heterocycles. The van der Waals surface area contributed by atoms with E-state index in [0.717, 1.165) is 5.56 Å². The Balaban J connectivity index is 1.51. The normalized spacial score (nSPS) is 18.7. The number of hydrogen-bond acceptors (Lipinski definition) is 5. The minimum absolute atomic E-state index is 0.00108. The van der Waals surface area contributed by atoms with Gasteiger partial charge in [-0.2, -0.15) is 0 Å². The zero-order valence-electron chi connectivity index (χ0n) is 14.2. The average molecular weight is 367 g/mol. The molecule has 0 bridgehead atoms. The summed E-state index contributed by atoms with van der Waals surface area (Å²) in [4.78, 5) is 29.6. The molecule has 2 aliphatic rings. The van der Waals surface area contributed by atoms with Gasteiger partial charge < -0.3 is 14.5 Å². The lowest BCUT2D eigenvalue weighted by Crippen LogP contribution is -2.51. The Morgan fingerprint density at radius 1 is 1.28 bits per heavy atom. The lowest BCUT2D eigenvalue weighted by atomic mass is 10.1. The van der Waals surface area contributed by atoms with E-state index in [1.54, 1.807) is 34.7 Å². The maximum absolute atomic E-state index is 13.5. The monoisotopic (exact) mass is 367 g/mol. The first-order valence-corrected chi connectivity index (χ1v) is 9.40. The van der Waals surface area contributed by atoms with Crippen LogP contribution in [0.15, 0.2) is 18.2 Å². The quantitative estimate of drug-likeness (QED) is 0.778. The Bertz CT molecular complexity index is 650. The molecule has 2 saturated heterocycles. The van der Waals surface area contributed by atoms with Gasteiger partial charge in [0.1, 0.15) is 18.1 Å². The van der Waals surface area contributed by atoms with E-state index in [2.05, 4.69) is 4.90 Å². The summed E-state index contributed by atoms with van der Waals surface area (Å²) < 4.78 is 18.8. The van der Waals surface area contributed by atoms with Crippen molar-refractivity contribution < 1.29 is 18.7 Å². The SMILES string of the molecule is COc1ccc(F)cc1CN1CCN(C(=O)CN2CSCC2=O)CC1. The van der Waals surface area contributed by atoms with Gasteiger partial charge >= 0.3 is 0 Å². The minimum atomic E-state index is -0.280. The predicted octanol–water partition coefficient (Wildman–Crippen LogP) is 1.01. The molecule has 0 saturated carbocycles. The highest BCUT2D eigenvalue weighted by Crippen LogP contribution is 2.22. The van der Waals surface area contributed by atoms with Crippen LogP contribution in [0.2, 0.25) is 0 Å². The highest BCUT2D eigenvalue weighted by molar-refractivity contribution is 8.00. The van der Waals surface area contributed by atoms with Crippen LogP contribution >= 0.6 is 11.8 Å². The van der Waals surface area contributed by atoms with Gasteiger partial charge in [-0.05, 0) is 18.2 Å². The molecule has 0 radical (unpaired) electrons. The fourth-order valence-corrected chi connectivity index (χ4v) is 3.97. The number of carbonyl (C=O) groups is 2. The highest BCUT2D eigenvalue weighted by Gasteiger charge is 2.27. The smallest absolute Gasteiger partial charge is 0.242 e. The van der Waals surface area contributed by atoms with Crippen molar-refractivity contribution in [3.05, 3.63) is 29.6 Å². The second-order valence-corrected chi connectivity index (χ2v) is 7.14. The van der Waals surface area contributed by atoms with Gasteiger partial charge in [0.05, 0.1) is 18.7 Å². The number of rotatable bonds is 5. The summed E-state index contributed by atoms with van der Waals surface area (Å²) in [5.41, 5.74) is 0.807. The van der Waals surface area contributed by atoms with Crippen LogP contribution in [0.5, 0.6) is 5.75 Å². The van der Waals surface area contributed by atoms with Crippen molar-refractivity contribution >= 4 is 23.6 Å². The zero-order chi connectivity index (χ0) is 17.8. The van der Waals surface area contributed by atoms with Crippen LogP contribution in [-0.2, 0) is 16.1 Å². The molecule has 6 nitrogen and oxygen atoms in total. The van der Waals surface area contributed by atoms with Crippen LogP contribution in [0.3, 0.4) is 0 Å². The second-order valence-electron chi connectivity index (χ2n) is 6.18. The second kappa shape index (κ2) is 8.05. The standard InChI is InChI=1S/C17H22FN3O3S/c1-24-15-3-2-14(18)8-13(15)9-19-4-6-20(7-5-19)16(22)10-21-12-25-11-17(21)23/h2-3,8H,4-7,9-12H2,1H3. The summed E-state index contributed by atoms with van der Waals surface area (Å²) in [6.45, 7) is 3.42. The summed E-state index contributed by atoms with van der Waals surface area (Å²) in [5, 5.41) is 0. The van der Waals surface area contributed by atoms with Crippen molar-refractivity contribution in [3.63, 3.8) is 0 Å². The van der Waals surface area contributed by atoms with Crippen molar-refractivity contribution in [1.82, 2.24) is 14.7 Å². The molecule has 1 aromatic rings. The number of ether oxygens (including phenoxy) is 1. The predicted molar refractivity (Wildman–Crippen MR) is 93.8 cm³/mol. The molecule has 0 unspecified atom stereocenters. The van der Waals surface area contributed by atoms with Gasteiger partial charge in [0.2, 0.25) is 11.8 Å². The van der Waals surface area contributed by atoms with Crippen LogP contribution in [0.25, 0.3) is 0 Å². The van der Waals surface area contributed by atoms with E-state index in [0.29, 0.717) is 50.1 Å². The van der Waals surface area contributed by atoms with Crippen molar-refractivity contribution in [3.8, 4) is 5.75 Å². The van der Waals surface area contributed by atoms with Crippen molar-refractivity contribution in [2.24, 2.45) is 0 Å². The van der Waals surface area contributed by atoms with E-state index in [1.165, 1.54) is 12.1 Å². The minimum Gasteiger partial charge on any atom is -0.496 e. The van der Waals surface area contributed by atoms with Gasteiger partial charge in [0, 0.05) is 38.3 Å². The maximum atomic E-state index is 13.5. The molecule has 136 valence electrons. The number of nitrogens with zero attached hydrogens (tertiary/aromatic N) is 3. The molecule has 2 heterocycles. The molecule has 1 aromatic carbocycles. The van der Waals surface area contributed by atoms with E-state index < -0.39 is 0 Å². The Hall–Kier alpha value is -1.80. The summed E-state index contributed by atoms with van der Waals surface area (Å²) in [5.74, 6) is 1.50. The third-order valence-corrected chi connectivity index (χ3v) is 5.46. The lowest BCUT2D eigenvalue weighted by Gasteiger charge is -2.35. The molecule has 2 fully saturated rings. The van der Waals surface area contributed by atoms with E-state index >= 15 is 0 Å². The number of thioether (sulfide) groups is 1. The Kier molecular flexibility index (Phi) is 5.80. The number of amides is 2. The zero-order valence-corrected chi connectivity index (χ0v) is 15.1. The van der Waals surface area contributed by atoms with Crippen molar-refractivity contribution in [1.29, 1.82) is 0 Å². The molecule has 8 heteroatoms. The summed E-state index contributed by atoms with van der Waals surface area (Å²) in [7, 11) is 1.57. The van der Waals surface area contributed by atoms with Gasteiger partial charge in [0.15, 0.2) is 0 Å². The number of piperazine rings is 1. The van der Waals surface area contributed by atoms with Crippen LogP contribution in [0.1, 0.15) is 5.56 Å². The van der Waals surface area contributed by atoms with E-state index in [4.69, 9.17) is 4.74 Å². The lowest BCUT2D eigenvalue weighted by molar-refractivity contribution is -0.139. The van der Waals surface area contributed by atoms with Crippen LogP contribution in [0.4, 0.5) is 4.39 Å². The molecular formula is C17H22FN3O3S. The fraction of sp³-hybridized carbons (Fsp3) is 0.529. The largest absolute Gasteiger partial charge is 0.496 e. The Morgan fingerprint density at radius 2 is 2.04 bits per heavy atom. The van der Waals surface area contributed by atoms with Gasteiger partial charge in [-0.1, -0.05) is 0 Å². The summed E-state index contributed by atoms with van der Waals surface area (Å²) in [6, 6.07) is 4.51. The first kappa shape index (κ1) is 18.0. The molecule has 0 atom stereocenters. The van der Waals surface area contributed by atoms with E-state index in [-0.39, 0.29) is 24.2 Å². The molecule has 3 rings (SSSR count). The number of carbonyl (C=O) groups excluding carboxylic acids is 2. The third-order valence-electron chi connectivity index (χ3n) is 4.51. The first-order chi connectivity index (χ1) is 12.1. The van der Waals surface area contributed by atoms with Gasteiger partial charge in [0.25, 0.3) is 0 Å². The maximum Gasteiger partial charge on any atom is 0.242 e. The summed E-state index contributed by atoms with van der Waals surface area (Å²) >= 11 is 1.54. The van der Waals surface area contributed by atoms with Gasteiger partial charge in [-0.3, -0.25) is 14.5 Å². The topological polar surface area (TPSA) is 53.1 Å². The molecular weight excluding hydrogens is 345 g/mol. The molecule has 0 aliphatic carbocycles. The molecule has 0 spiro atoms. The van der Waals surface area contributed by atoms with E-state index in [1.807, 2.05) is 0 Å². The molecule has 0 N–H and O–H groups in total. The van der Waals surface area contributed by atoms with Crippen LogP contribution < -0.4 is 4.74 Å². The summed E-state index contributed by atoms with van der Waals surface area (Å²) in [6.07, 6.45) is 0. The number of benzene rings is 1. The van der Waals surface area contributed by atoms with E-state index in [9.17, 15) is 14.0 Å². The van der Waals surface area contributed by atoms with Crippen LogP contribution in [-0.4, -0.2) is 78.0 Å². The van der Waals surface area contributed by atoms with Crippen molar-refractivity contribution in [2.45, 2.75) is 6.54 Å². The third kappa shape index (κ3) is 4.43. The average Bonchev–Trinajstić information content (AvgIpc) is 3.00. The van der Waals surface area contributed by atoms with Crippen molar-refractivity contribution in [2.75, 3.05) is 51.5 Å². The first-order valence-electron chi connectivity index (χ1n) is 8.25. The Labute approximate surface area is 150 Å². The molecule has 2 aliphatic heterocycles. The number of methoxy groups -OCH3 is 1. The highest BCUT2D eigenvalue weighted by atomic mass is 32.2. The number of hydrogen-bond donors (Lipinski definition) is 0. The van der Waals surface area contributed by atoms with Gasteiger partial charge in [-0.15, -0.1) is 11.8 Å². The number of halogens is 1. The molecule has 2 amide bonds. The fourth-order valence-electron chi connectivity index (χ4n) is 3.07. The Morgan fingerprint density at radius 3 is 2.68 bits per heavy atom. The van der Waals surface area contributed by atoms with Crippen LogP contribution in [0, 0.1) is 5.82 Å². The van der Waals surface area contributed by atoms with Gasteiger partial charge in [-0.25, -0.2) is 4.39 Å².